The van der Waals surface area contributed by atoms with E-state index >= 15 is 0 Å². The summed E-state index contributed by atoms with van der Waals surface area (Å²) in [5, 5.41) is 3.62. The van der Waals surface area contributed by atoms with Crippen molar-refractivity contribution < 1.29 is 4.79 Å². The van der Waals surface area contributed by atoms with Crippen LogP contribution < -0.4 is 11.1 Å². The van der Waals surface area contributed by atoms with Crippen LogP contribution in [-0.4, -0.2) is 37.0 Å². The average molecular weight is 353 g/mol. The van der Waals surface area contributed by atoms with E-state index in [9.17, 15) is 4.79 Å². The molecule has 0 spiro atoms. The third-order valence-corrected chi connectivity index (χ3v) is 4.45. The molecule has 0 aliphatic carbocycles. The van der Waals surface area contributed by atoms with Crippen LogP contribution in [0.5, 0.6) is 0 Å². The summed E-state index contributed by atoms with van der Waals surface area (Å²) in [4.78, 5) is 14.2. The van der Waals surface area contributed by atoms with Crippen LogP contribution in [0.2, 0.25) is 10.0 Å². The molecule has 1 aromatic carbocycles. The first-order valence-electron chi connectivity index (χ1n) is 6.76. The van der Waals surface area contributed by atoms with E-state index in [-0.39, 0.29) is 18.3 Å². The molecule has 1 aliphatic rings. The van der Waals surface area contributed by atoms with Crippen molar-refractivity contribution in [3.05, 3.63) is 28.2 Å². The molecule has 7 heteroatoms. The van der Waals surface area contributed by atoms with E-state index in [0.717, 1.165) is 32.5 Å². The minimum absolute atomic E-state index is 0. The molecular weight excluding hydrogens is 333 g/mol. The van der Waals surface area contributed by atoms with Crippen molar-refractivity contribution in [2.45, 2.75) is 12.8 Å². The maximum absolute atomic E-state index is 12.0. The fourth-order valence-electron chi connectivity index (χ4n) is 2.37. The van der Waals surface area contributed by atoms with Crippen molar-refractivity contribution in [2.75, 3.05) is 31.5 Å². The first-order chi connectivity index (χ1) is 9.60. The van der Waals surface area contributed by atoms with Crippen molar-refractivity contribution >= 4 is 47.2 Å². The third kappa shape index (κ3) is 5.31. The zero-order chi connectivity index (χ0) is 14.5. The number of likely N-dealkylation sites (tertiary alicyclic amines) is 1. The lowest BCUT2D eigenvalue weighted by molar-refractivity contribution is -0.117. The van der Waals surface area contributed by atoms with Crippen LogP contribution in [-0.2, 0) is 4.79 Å². The van der Waals surface area contributed by atoms with Gasteiger partial charge in [0.15, 0.2) is 0 Å². The molecule has 1 aromatic rings. The van der Waals surface area contributed by atoms with Crippen molar-refractivity contribution in [1.82, 2.24) is 4.90 Å². The second-order valence-corrected chi connectivity index (χ2v) is 5.89. The number of piperidine rings is 1. The van der Waals surface area contributed by atoms with Gasteiger partial charge < -0.3 is 11.1 Å². The predicted molar refractivity (Wildman–Crippen MR) is 90.6 cm³/mol. The highest BCUT2D eigenvalue weighted by molar-refractivity contribution is 6.43. The third-order valence-electron chi connectivity index (χ3n) is 3.63. The zero-order valence-electron chi connectivity index (χ0n) is 11.6. The highest BCUT2D eigenvalue weighted by Gasteiger charge is 2.20. The molecule has 3 N–H and O–H groups in total. The number of hydrogen-bond donors (Lipinski definition) is 2. The summed E-state index contributed by atoms with van der Waals surface area (Å²) in [7, 11) is 0. The van der Waals surface area contributed by atoms with Crippen molar-refractivity contribution in [3.8, 4) is 0 Å². The summed E-state index contributed by atoms with van der Waals surface area (Å²) in [6.45, 7) is 2.94. The molecule has 1 amide bonds. The molecule has 1 aliphatic heterocycles. The van der Waals surface area contributed by atoms with Gasteiger partial charge in [0.25, 0.3) is 0 Å². The van der Waals surface area contributed by atoms with Crippen molar-refractivity contribution in [2.24, 2.45) is 11.7 Å². The average Bonchev–Trinajstić information content (AvgIpc) is 2.45. The van der Waals surface area contributed by atoms with Crippen LogP contribution in [0, 0.1) is 5.92 Å². The molecule has 0 unspecified atom stereocenters. The van der Waals surface area contributed by atoms with Crippen molar-refractivity contribution in [3.63, 3.8) is 0 Å². The van der Waals surface area contributed by atoms with Gasteiger partial charge in [-0.3, -0.25) is 9.69 Å². The van der Waals surface area contributed by atoms with Gasteiger partial charge in [-0.2, -0.15) is 0 Å². The number of nitrogens with zero attached hydrogens (tertiary/aromatic N) is 1. The number of nitrogens with two attached hydrogens (primary N) is 1. The topological polar surface area (TPSA) is 58.4 Å². The molecular formula is C14H20Cl3N3O. The number of carbonyl (C=O) groups excluding carboxylic acids is 1. The smallest absolute Gasteiger partial charge is 0.238 e. The molecule has 2 rings (SSSR count). The standard InChI is InChI=1S/C14H19Cl2N3O.ClH/c15-11-2-1-3-12(14(11)16)18-13(20)9-19-6-4-10(8-17)5-7-19;/h1-3,10H,4-9,17H2,(H,18,20);1H. The molecule has 0 radical (unpaired) electrons. The van der Waals surface area contributed by atoms with Gasteiger partial charge in [0.2, 0.25) is 5.91 Å². The number of carbonyl (C=O) groups is 1. The lowest BCUT2D eigenvalue weighted by Gasteiger charge is -2.30. The SMILES string of the molecule is Cl.NCC1CCN(CC(=O)Nc2cccc(Cl)c2Cl)CC1. The first-order valence-corrected chi connectivity index (χ1v) is 7.52. The summed E-state index contributed by atoms with van der Waals surface area (Å²) in [5.41, 5.74) is 6.21. The van der Waals surface area contributed by atoms with Gasteiger partial charge in [0, 0.05) is 0 Å². The second-order valence-electron chi connectivity index (χ2n) is 5.10. The van der Waals surface area contributed by atoms with Gasteiger partial charge in [0.05, 0.1) is 22.3 Å². The van der Waals surface area contributed by atoms with Crippen molar-refractivity contribution in [1.29, 1.82) is 0 Å². The number of benzene rings is 1. The molecule has 4 nitrogen and oxygen atoms in total. The molecule has 1 saturated heterocycles. The van der Waals surface area contributed by atoms with E-state index in [1.165, 1.54) is 0 Å². The van der Waals surface area contributed by atoms with Crippen LogP contribution in [0.15, 0.2) is 18.2 Å². The lowest BCUT2D eigenvalue weighted by atomic mass is 9.97. The van der Waals surface area contributed by atoms with Gasteiger partial charge in [-0.1, -0.05) is 29.3 Å². The highest BCUT2D eigenvalue weighted by atomic mass is 35.5. The van der Waals surface area contributed by atoms with E-state index in [1.54, 1.807) is 18.2 Å². The summed E-state index contributed by atoms with van der Waals surface area (Å²) >= 11 is 12.0. The number of hydrogen-bond acceptors (Lipinski definition) is 3. The Morgan fingerprint density at radius 2 is 2.00 bits per heavy atom. The number of halogens is 3. The monoisotopic (exact) mass is 351 g/mol. The minimum atomic E-state index is -0.0691. The largest absolute Gasteiger partial charge is 0.330 e. The van der Waals surface area contributed by atoms with Crippen LogP contribution in [0.3, 0.4) is 0 Å². The number of anilines is 1. The van der Waals surface area contributed by atoms with E-state index in [0.29, 0.717) is 28.2 Å². The molecule has 1 fully saturated rings. The molecule has 0 atom stereocenters. The number of amides is 1. The predicted octanol–water partition coefficient (Wildman–Crippen LogP) is 3.02. The number of nitrogens with one attached hydrogen (secondary N) is 1. The zero-order valence-corrected chi connectivity index (χ0v) is 14.0. The lowest BCUT2D eigenvalue weighted by Crippen LogP contribution is -2.40. The van der Waals surface area contributed by atoms with Gasteiger partial charge >= 0.3 is 0 Å². The molecule has 21 heavy (non-hydrogen) atoms. The molecule has 0 saturated carbocycles. The quantitative estimate of drug-likeness (QED) is 0.875. The maximum atomic E-state index is 12.0. The number of rotatable bonds is 4. The van der Waals surface area contributed by atoms with Gasteiger partial charge in [-0.25, -0.2) is 0 Å². The summed E-state index contributed by atoms with van der Waals surface area (Å²) in [5.74, 6) is 0.525. The van der Waals surface area contributed by atoms with Gasteiger partial charge in [-0.05, 0) is 50.5 Å². The first kappa shape index (κ1) is 18.5. The van der Waals surface area contributed by atoms with Crippen LogP contribution in [0.25, 0.3) is 0 Å². The maximum Gasteiger partial charge on any atom is 0.238 e. The van der Waals surface area contributed by atoms with Crippen LogP contribution in [0.4, 0.5) is 5.69 Å². The Balaban J connectivity index is 0.00000220. The van der Waals surface area contributed by atoms with Gasteiger partial charge in [-0.15, -0.1) is 12.4 Å². The Morgan fingerprint density at radius 1 is 1.33 bits per heavy atom. The van der Waals surface area contributed by atoms with E-state index in [4.69, 9.17) is 28.9 Å². The fourth-order valence-corrected chi connectivity index (χ4v) is 2.72. The van der Waals surface area contributed by atoms with Gasteiger partial charge in [0.1, 0.15) is 0 Å². The van der Waals surface area contributed by atoms with E-state index in [2.05, 4.69) is 10.2 Å². The Hall–Kier alpha value is -0.520. The Labute approximate surface area is 141 Å². The molecule has 1 heterocycles. The highest BCUT2D eigenvalue weighted by Crippen LogP contribution is 2.29. The summed E-state index contributed by atoms with van der Waals surface area (Å²) in [6.07, 6.45) is 2.11. The summed E-state index contributed by atoms with van der Waals surface area (Å²) < 4.78 is 0. The second kappa shape index (κ2) is 8.81. The Morgan fingerprint density at radius 3 is 2.62 bits per heavy atom. The fraction of sp³-hybridized carbons (Fsp3) is 0.500. The van der Waals surface area contributed by atoms with E-state index < -0.39 is 0 Å². The Bertz CT molecular complexity index is 477. The van der Waals surface area contributed by atoms with Crippen LogP contribution >= 0.6 is 35.6 Å². The van der Waals surface area contributed by atoms with Crippen LogP contribution in [0.1, 0.15) is 12.8 Å². The normalized spacial score (nSPS) is 16.3. The molecule has 118 valence electrons. The molecule has 0 bridgehead atoms. The van der Waals surface area contributed by atoms with E-state index in [1.807, 2.05) is 0 Å². The summed E-state index contributed by atoms with van der Waals surface area (Å²) in [6, 6.07) is 5.19. The minimum Gasteiger partial charge on any atom is -0.330 e. The Kier molecular flexibility index (Phi) is 7.77. The molecule has 0 aromatic heterocycles.